The van der Waals surface area contributed by atoms with Crippen LogP contribution in [0.4, 0.5) is 4.39 Å². The number of amides is 1. The molecule has 2 heterocycles. The van der Waals surface area contributed by atoms with Gasteiger partial charge in [0, 0.05) is 35.9 Å². The molecule has 3 aromatic rings. The van der Waals surface area contributed by atoms with Crippen molar-refractivity contribution in [3.05, 3.63) is 54.1 Å². The van der Waals surface area contributed by atoms with E-state index in [1.165, 1.54) is 6.07 Å². The summed E-state index contributed by atoms with van der Waals surface area (Å²) < 4.78 is 21.0. The van der Waals surface area contributed by atoms with E-state index in [1.54, 1.807) is 31.6 Å². The van der Waals surface area contributed by atoms with Gasteiger partial charge in [0.25, 0.3) is 5.91 Å². The van der Waals surface area contributed by atoms with Crippen molar-refractivity contribution in [1.82, 2.24) is 14.9 Å². The number of nitrogens with zero attached hydrogens (tertiary/aromatic N) is 2. The Morgan fingerprint density at radius 3 is 3.00 bits per heavy atom. The molecular weight excluding hydrogens is 285 g/mol. The number of aryl methyl sites for hydroxylation is 1. The van der Waals surface area contributed by atoms with Crippen LogP contribution in [0.15, 0.2) is 41.3 Å². The minimum Gasteiger partial charge on any atom is -0.448 e. The van der Waals surface area contributed by atoms with E-state index >= 15 is 0 Å². The zero-order valence-electron chi connectivity index (χ0n) is 12.3. The molecule has 0 saturated heterocycles. The number of para-hydroxylation sites is 1. The van der Waals surface area contributed by atoms with Crippen molar-refractivity contribution in [2.45, 2.75) is 26.4 Å². The molecule has 0 unspecified atom stereocenters. The molecule has 1 atom stereocenters. The highest BCUT2D eigenvalue weighted by molar-refractivity contribution is 5.99. The number of carbonyl (C=O) groups is 1. The van der Waals surface area contributed by atoms with E-state index in [-0.39, 0.29) is 23.3 Å². The topological polar surface area (TPSA) is 60.1 Å². The van der Waals surface area contributed by atoms with Gasteiger partial charge in [-0.15, -0.1) is 0 Å². The molecule has 6 heteroatoms. The first-order valence-electron chi connectivity index (χ1n) is 7.00. The standard InChI is InChI=1S/C16H16FN3O2/c1-10(8-20-7-6-18-9-20)19-16(21)14-11(2)12-4-3-5-13(17)15(12)22-14/h3-7,9-10H,8H2,1-2H3,(H,19,21)/t10-/m0/s1. The lowest BCUT2D eigenvalue weighted by atomic mass is 10.1. The highest BCUT2D eigenvalue weighted by atomic mass is 19.1. The normalized spacial score (nSPS) is 12.5. The molecule has 0 saturated carbocycles. The first-order chi connectivity index (χ1) is 10.6. The van der Waals surface area contributed by atoms with Gasteiger partial charge in [0.2, 0.25) is 0 Å². The van der Waals surface area contributed by atoms with Crippen molar-refractivity contribution < 1.29 is 13.6 Å². The quantitative estimate of drug-likeness (QED) is 0.806. The first kappa shape index (κ1) is 14.3. The summed E-state index contributed by atoms with van der Waals surface area (Å²) in [6, 6.07) is 4.54. The summed E-state index contributed by atoms with van der Waals surface area (Å²) in [5, 5.41) is 3.47. The first-order valence-corrected chi connectivity index (χ1v) is 7.00. The maximum absolute atomic E-state index is 13.7. The zero-order valence-corrected chi connectivity index (χ0v) is 12.3. The SMILES string of the molecule is Cc1c(C(=O)N[C@@H](C)Cn2ccnc2)oc2c(F)cccc12. The maximum Gasteiger partial charge on any atom is 0.287 e. The van der Waals surface area contributed by atoms with Crippen molar-refractivity contribution in [2.24, 2.45) is 0 Å². The summed E-state index contributed by atoms with van der Waals surface area (Å²) in [6.07, 6.45) is 5.19. The number of carbonyl (C=O) groups excluding carboxylic acids is 1. The van der Waals surface area contributed by atoms with Crippen molar-refractivity contribution >= 4 is 16.9 Å². The Morgan fingerprint density at radius 1 is 1.50 bits per heavy atom. The van der Waals surface area contributed by atoms with E-state index in [0.717, 1.165) is 0 Å². The maximum atomic E-state index is 13.7. The van der Waals surface area contributed by atoms with Crippen LogP contribution in [-0.4, -0.2) is 21.5 Å². The number of furan rings is 1. The van der Waals surface area contributed by atoms with Crippen LogP contribution in [-0.2, 0) is 6.54 Å². The number of hydrogen-bond acceptors (Lipinski definition) is 3. The highest BCUT2D eigenvalue weighted by Crippen LogP contribution is 2.27. The molecule has 5 nitrogen and oxygen atoms in total. The number of hydrogen-bond donors (Lipinski definition) is 1. The minimum absolute atomic E-state index is 0.112. The van der Waals surface area contributed by atoms with Gasteiger partial charge < -0.3 is 14.3 Å². The fourth-order valence-electron chi connectivity index (χ4n) is 2.47. The third-order valence-electron chi connectivity index (χ3n) is 3.54. The van der Waals surface area contributed by atoms with Crippen LogP contribution in [0, 0.1) is 12.7 Å². The summed E-state index contributed by atoms with van der Waals surface area (Å²) >= 11 is 0. The van der Waals surface area contributed by atoms with Crippen LogP contribution in [0.25, 0.3) is 11.0 Å². The van der Waals surface area contributed by atoms with Gasteiger partial charge in [-0.2, -0.15) is 0 Å². The Bertz CT molecular complexity index is 808. The molecule has 0 fully saturated rings. The second-order valence-corrected chi connectivity index (χ2v) is 5.31. The molecule has 3 rings (SSSR count). The van der Waals surface area contributed by atoms with Crippen molar-refractivity contribution in [3.63, 3.8) is 0 Å². The van der Waals surface area contributed by atoms with Crippen LogP contribution in [0.5, 0.6) is 0 Å². The van der Waals surface area contributed by atoms with Gasteiger partial charge >= 0.3 is 0 Å². The van der Waals surface area contributed by atoms with Crippen LogP contribution >= 0.6 is 0 Å². The molecule has 1 aromatic carbocycles. The average Bonchev–Trinajstić information content (AvgIpc) is 3.08. The second kappa shape index (κ2) is 5.63. The molecule has 0 aliphatic carbocycles. The molecule has 1 N–H and O–H groups in total. The van der Waals surface area contributed by atoms with E-state index in [0.29, 0.717) is 17.5 Å². The van der Waals surface area contributed by atoms with Crippen molar-refractivity contribution in [3.8, 4) is 0 Å². The number of imidazole rings is 1. The fourth-order valence-corrected chi connectivity index (χ4v) is 2.47. The highest BCUT2D eigenvalue weighted by Gasteiger charge is 2.20. The fraction of sp³-hybridized carbons (Fsp3) is 0.250. The Morgan fingerprint density at radius 2 is 2.32 bits per heavy atom. The van der Waals surface area contributed by atoms with Gasteiger partial charge in [0.05, 0.1) is 6.33 Å². The van der Waals surface area contributed by atoms with Gasteiger partial charge in [-0.25, -0.2) is 9.37 Å². The zero-order chi connectivity index (χ0) is 15.7. The molecule has 0 aliphatic rings. The summed E-state index contributed by atoms with van der Waals surface area (Å²) in [5.41, 5.74) is 0.759. The largest absolute Gasteiger partial charge is 0.448 e. The molecule has 2 aromatic heterocycles. The third-order valence-corrected chi connectivity index (χ3v) is 3.54. The molecular formula is C16H16FN3O2. The Kier molecular flexibility index (Phi) is 3.66. The lowest BCUT2D eigenvalue weighted by Gasteiger charge is -2.13. The summed E-state index contributed by atoms with van der Waals surface area (Å²) in [7, 11) is 0. The van der Waals surface area contributed by atoms with E-state index in [2.05, 4.69) is 10.3 Å². The monoisotopic (exact) mass is 301 g/mol. The summed E-state index contributed by atoms with van der Waals surface area (Å²) in [5.74, 6) is -0.663. The lowest BCUT2D eigenvalue weighted by molar-refractivity contribution is 0.0910. The van der Waals surface area contributed by atoms with E-state index in [4.69, 9.17) is 4.42 Å². The van der Waals surface area contributed by atoms with Crippen LogP contribution in [0.1, 0.15) is 23.0 Å². The number of aromatic nitrogens is 2. The minimum atomic E-state index is -0.467. The summed E-state index contributed by atoms with van der Waals surface area (Å²) in [4.78, 5) is 16.3. The molecule has 0 radical (unpaired) electrons. The number of rotatable bonds is 4. The second-order valence-electron chi connectivity index (χ2n) is 5.31. The molecule has 114 valence electrons. The predicted octanol–water partition coefficient (Wildman–Crippen LogP) is 2.90. The molecule has 0 aliphatic heterocycles. The van der Waals surface area contributed by atoms with Gasteiger partial charge in [0.1, 0.15) is 0 Å². The van der Waals surface area contributed by atoms with Crippen molar-refractivity contribution in [1.29, 1.82) is 0 Å². The van der Waals surface area contributed by atoms with E-state index in [1.807, 2.05) is 17.7 Å². The number of fused-ring (bicyclic) bond motifs is 1. The summed E-state index contributed by atoms with van der Waals surface area (Å²) in [6.45, 7) is 4.23. The Labute approximate surface area is 126 Å². The van der Waals surface area contributed by atoms with Crippen LogP contribution in [0.3, 0.4) is 0 Å². The van der Waals surface area contributed by atoms with E-state index < -0.39 is 5.82 Å². The molecule has 0 spiro atoms. The van der Waals surface area contributed by atoms with Crippen LogP contribution in [0.2, 0.25) is 0 Å². The van der Waals surface area contributed by atoms with Crippen molar-refractivity contribution in [2.75, 3.05) is 0 Å². The smallest absolute Gasteiger partial charge is 0.287 e. The molecule has 1 amide bonds. The van der Waals surface area contributed by atoms with Gasteiger partial charge in [-0.3, -0.25) is 4.79 Å². The average molecular weight is 301 g/mol. The van der Waals surface area contributed by atoms with Crippen LogP contribution < -0.4 is 5.32 Å². The molecule has 22 heavy (non-hydrogen) atoms. The third kappa shape index (κ3) is 2.59. The van der Waals surface area contributed by atoms with Gasteiger partial charge in [0.15, 0.2) is 17.2 Å². The predicted molar refractivity (Wildman–Crippen MR) is 80.1 cm³/mol. The Hall–Kier alpha value is -2.63. The molecule has 0 bridgehead atoms. The number of nitrogens with one attached hydrogen (secondary N) is 1. The number of benzene rings is 1. The van der Waals surface area contributed by atoms with E-state index in [9.17, 15) is 9.18 Å². The number of halogens is 1. The Balaban J connectivity index is 1.80. The van der Waals surface area contributed by atoms with Gasteiger partial charge in [-0.1, -0.05) is 12.1 Å². The van der Waals surface area contributed by atoms with Gasteiger partial charge in [-0.05, 0) is 19.9 Å². The lowest BCUT2D eigenvalue weighted by Crippen LogP contribution is -2.35.